The fourth-order valence-electron chi connectivity index (χ4n) is 2.81. The minimum Gasteiger partial charge on any atom is -0.364 e. The molecule has 1 saturated heterocycles. The second-order valence-electron chi connectivity index (χ2n) is 5.49. The molecule has 0 aromatic heterocycles. The average molecular weight is 277 g/mol. The van der Waals surface area contributed by atoms with Gasteiger partial charge in [-0.1, -0.05) is 13.0 Å². The normalized spacial score (nSPS) is 18.2. The van der Waals surface area contributed by atoms with Crippen molar-refractivity contribution in [1.29, 1.82) is 0 Å². The first-order valence-electron chi connectivity index (χ1n) is 7.35. The summed E-state index contributed by atoms with van der Waals surface area (Å²) in [4.78, 5) is 13.2. The molecule has 0 radical (unpaired) electrons. The zero-order valence-corrected chi connectivity index (χ0v) is 12.3. The van der Waals surface area contributed by atoms with Crippen LogP contribution in [0.2, 0.25) is 0 Å². The lowest BCUT2D eigenvalue weighted by molar-refractivity contribution is -0.384. The van der Waals surface area contributed by atoms with E-state index in [1.165, 1.54) is 6.42 Å². The molecule has 0 spiro atoms. The number of nitrogens with zero attached hydrogens (tertiary/aromatic N) is 2. The fourth-order valence-corrected chi connectivity index (χ4v) is 2.81. The molecule has 0 aliphatic carbocycles. The van der Waals surface area contributed by atoms with Gasteiger partial charge in [0.1, 0.15) is 5.69 Å². The van der Waals surface area contributed by atoms with Crippen LogP contribution in [0.3, 0.4) is 0 Å². The highest BCUT2D eigenvalue weighted by atomic mass is 16.6. The maximum absolute atomic E-state index is 11.3. The first-order chi connectivity index (χ1) is 9.61. The summed E-state index contributed by atoms with van der Waals surface area (Å²) < 4.78 is 0. The van der Waals surface area contributed by atoms with Crippen LogP contribution in [0.1, 0.15) is 31.7 Å². The highest BCUT2D eigenvalue weighted by Crippen LogP contribution is 2.30. The van der Waals surface area contributed by atoms with Crippen molar-refractivity contribution in [2.24, 2.45) is 0 Å². The van der Waals surface area contributed by atoms with Gasteiger partial charge in [-0.2, -0.15) is 0 Å². The van der Waals surface area contributed by atoms with Crippen molar-refractivity contribution in [2.75, 3.05) is 24.5 Å². The van der Waals surface area contributed by atoms with Gasteiger partial charge in [-0.3, -0.25) is 10.1 Å². The van der Waals surface area contributed by atoms with E-state index >= 15 is 0 Å². The SMILES string of the molecule is CCCN(CC1CCCN1)c1ccc(C)cc1[N+](=O)[O-]. The average Bonchev–Trinajstić information content (AvgIpc) is 2.91. The van der Waals surface area contributed by atoms with Gasteiger partial charge in [0.2, 0.25) is 0 Å². The van der Waals surface area contributed by atoms with Crippen molar-refractivity contribution in [3.05, 3.63) is 33.9 Å². The van der Waals surface area contributed by atoms with Crippen molar-refractivity contribution >= 4 is 11.4 Å². The zero-order valence-electron chi connectivity index (χ0n) is 12.3. The Labute approximate surface area is 120 Å². The van der Waals surface area contributed by atoms with Crippen LogP contribution in [0, 0.1) is 17.0 Å². The van der Waals surface area contributed by atoms with E-state index in [2.05, 4.69) is 17.1 Å². The number of benzene rings is 1. The lowest BCUT2D eigenvalue weighted by Crippen LogP contribution is -2.38. The van der Waals surface area contributed by atoms with Gasteiger partial charge in [-0.05, 0) is 44.4 Å². The minimum atomic E-state index is -0.271. The van der Waals surface area contributed by atoms with Crippen molar-refractivity contribution in [1.82, 2.24) is 5.32 Å². The molecule has 0 amide bonds. The van der Waals surface area contributed by atoms with Crippen LogP contribution < -0.4 is 10.2 Å². The first kappa shape index (κ1) is 14.8. The van der Waals surface area contributed by atoms with E-state index in [0.717, 1.165) is 43.7 Å². The summed E-state index contributed by atoms with van der Waals surface area (Å²) in [6.45, 7) is 6.75. The number of hydrogen-bond donors (Lipinski definition) is 1. The van der Waals surface area contributed by atoms with E-state index in [-0.39, 0.29) is 10.6 Å². The quantitative estimate of drug-likeness (QED) is 0.641. The maximum Gasteiger partial charge on any atom is 0.292 e. The van der Waals surface area contributed by atoms with Crippen molar-refractivity contribution in [2.45, 2.75) is 39.2 Å². The van der Waals surface area contributed by atoms with Crippen LogP contribution in [-0.4, -0.2) is 30.6 Å². The van der Waals surface area contributed by atoms with Crippen molar-refractivity contribution < 1.29 is 4.92 Å². The number of nitrogens with one attached hydrogen (secondary N) is 1. The summed E-state index contributed by atoms with van der Waals surface area (Å²) in [5.41, 5.74) is 1.89. The molecule has 20 heavy (non-hydrogen) atoms. The maximum atomic E-state index is 11.3. The summed E-state index contributed by atoms with van der Waals surface area (Å²) in [6, 6.07) is 5.95. The Morgan fingerprint density at radius 2 is 2.30 bits per heavy atom. The van der Waals surface area contributed by atoms with Gasteiger partial charge in [-0.15, -0.1) is 0 Å². The largest absolute Gasteiger partial charge is 0.364 e. The number of hydrogen-bond acceptors (Lipinski definition) is 4. The lowest BCUT2D eigenvalue weighted by Gasteiger charge is -2.27. The standard InChI is InChI=1S/C15H23N3O2/c1-3-9-17(11-13-5-4-8-16-13)14-7-6-12(2)10-15(14)18(19)20/h6-7,10,13,16H,3-5,8-9,11H2,1-2H3. The topological polar surface area (TPSA) is 58.4 Å². The van der Waals surface area contributed by atoms with E-state index in [9.17, 15) is 10.1 Å². The van der Waals surface area contributed by atoms with Crippen LogP contribution in [-0.2, 0) is 0 Å². The molecule has 1 N–H and O–H groups in total. The third-order valence-corrected chi connectivity index (χ3v) is 3.76. The van der Waals surface area contributed by atoms with E-state index in [1.807, 2.05) is 19.1 Å². The molecule has 1 heterocycles. The molecule has 110 valence electrons. The second kappa shape index (κ2) is 6.70. The van der Waals surface area contributed by atoms with Crippen molar-refractivity contribution in [3.8, 4) is 0 Å². The molecule has 0 bridgehead atoms. The van der Waals surface area contributed by atoms with Crippen molar-refractivity contribution in [3.63, 3.8) is 0 Å². The van der Waals surface area contributed by atoms with Gasteiger partial charge in [0, 0.05) is 25.2 Å². The van der Waals surface area contributed by atoms with E-state index in [0.29, 0.717) is 6.04 Å². The third kappa shape index (κ3) is 3.48. The molecule has 1 aliphatic heterocycles. The summed E-state index contributed by atoms with van der Waals surface area (Å²) in [7, 11) is 0. The Kier molecular flexibility index (Phi) is 4.95. The molecule has 1 atom stereocenters. The monoisotopic (exact) mass is 277 g/mol. The molecule has 1 unspecified atom stereocenters. The molecule has 1 aromatic rings. The van der Waals surface area contributed by atoms with Gasteiger partial charge < -0.3 is 10.2 Å². The Morgan fingerprint density at radius 1 is 1.50 bits per heavy atom. The van der Waals surface area contributed by atoms with Gasteiger partial charge in [0.25, 0.3) is 5.69 Å². The molecule has 5 heteroatoms. The van der Waals surface area contributed by atoms with Crippen LogP contribution in [0.5, 0.6) is 0 Å². The van der Waals surface area contributed by atoms with Crippen LogP contribution in [0.4, 0.5) is 11.4 Å². The fraction of sp³-hybridized carbons (Fsp3) is 0.600. The molecule has 2 rings (SSSR count). The second-order valence-corrected chi connectivity index (χ2v) is 5.49. The zero-order chi connectivity index (χ0) is 14.5. The number of rotatable bonds is 6. The number of aryl methyl sites for hydroxylation is 1. The Morgan fingerprint density at radius 3 is 2.90 bits per heavy atom. The van der Waals surface area contributed by atoms with E-state index in [4.69, 9.17) is 0 Å². The highest BCUT2D eigenvalue weighted by Gasteiger charge is 2.23. The molecule has 0 saturated carbocycles. The lowest BCUT2D eigenvalue weighted by atomic mass is 10.1. The number of nitro benzene ring substituents is 1. The summed E-state index contributed by atoms with van der Waals surface area (Å²) in [6.07, 6.45) is 3.33. The molecule has 1 aliphatic rings. The van der Waals surface area contributed by atoms with Gasteiger partial charge in [0.15, 0.2) is 0 Å². The molecule has 1 fully saturated rings. The van der Waals surface area contributed by atoms with Crippen LogP contribution in [0.15, 0.2) is 18.2 Å². The predicted molar refractivity (Wildman–Crippen MR) is 81.4 cm³/mol. The van der Waals surface area contributed by atoms with Gasteiger partial charge in [0.05, 0.1) is 4.92 Å². The third-order valence-electron chi connectivity index (χ3n) is 3.76. The number of anilines is 1. The molecule has 1 aromatic carbocycles. The van der Waals surface area contributed by atoms with E-state index < -0.39 is 0 Å². The summed E-state index contributed by atoms with van der Waals surface area (Å²) in [5, 5.41) is 14.7. The molecular formula is C15H23N3O2. The van der Waals surface area contributed by atoms with Gasteiger partial charge >= 0.3 is 0 Å². The predicted octanol–water partition coefficient (Wildman–Crippen LogP) is 2.87. The smallest absolute Gasteiger partial charge is 0.292 e. The number of nitro groups is 1. The summed E-state index contributed by atoms with van der Waals surface area (Å²) >= 11 is 0. The Bertz CT molecular complexity index is 470. The van der Waals surface area contributed by atoms with Crippen LogP contribution >= 0.6 is 0 Å². The molecule has 5 nitrogen and oxygen atoms in total. The highest BCUT2D eigenvalue weighted by molar-refractivity contribution is 5.64. The Hall–Kier alpha value is -1.62. The summed E-state index contributed by atoms with van der Waals surface area (Å²) in [5.74, 6) is 0. The molecular weight excluding hydrogens is 254 g/mol. The minimum absolute atomic E-state index is 0.219. The van der Waals surface area contributed by atoms with E-state index in [1.54, 1.807) is 6.07 Å². The van der Waals surface area contributed by atoms with Gasteiger partial charge in [-0.25, -0.2) is 0 Å². The van der Waals surface area contributed by atoms with Crippen LogP contribution in [0.25, 0.3) is 0 Å². The first-order valence-corrected chi connectivity index (χ1v) is 7.35. The Balaban J connectivity index is 2.25.